The van der Waals surface area contributed by atoms with Gasteiger partial charge in [0, 0.05) is 38.6 Å². The zero-order valence-corrected chi connectivity index (χ0v) is 16.9. The molecule has 0 radical (unpaired) electrons. The monoisotopic (exact) mass is 386 g/mol. The molecule has 1 aromatic carbocycles. The number of aromatic nitrogens is 2. The Bertz CT molecular complexity index is 885. The molecule has 1 aliphatic heterocycles. The highest BCUT2D eigenvalue weighted by molar-refractivity contribution is 5.95. The molecule has 1 fully saturated rings. The van der Waals surface area contributed by atoms with Crippen LogP contribution in [-0.4, -0.2) is 57.6 Å². The van der Waals surface area contributed by atoms with E-state index in [2.05, 4.69) is 25.9 Å². The highest BCUT2D eigenvalue weighted by Gasteiger charge is 2.28. The molecule has 2 amide bonds. The van der Waals surface area contributed by atoms with Gasteiger partial charge in [-0.15, -0.1) is 0 Å². The molecule has 2 heterocycles. The first-order valence-electron chi connectivity index (χ1n) is 9.56. The zero-order valence-electron chi connectivity index (χ0n) is 16.9. The predicted molar refractivity (Wildman–Crippen MR) is 105 cm³/mol. The molecule has 1 aromatic heterocycles. The Labute approximate surface area is 164 Å². The fourth-order valence-electron chi connectivity index (χ4n) is 3.32. The Morgan fingerprint density at radius 3 is 2.18 bits per heavy atom. The summed E-state index contributed by atoms with van der Waals surface area (Å²) in [5, 5.41) is 4.48. The molecule has 0 unspecified atom stereocenters. The van der Waals surface area contributed by atoms with E-state index in [4.69, 9.17) is 0 Å². The van der Waals surface area contributed by atoms with Crippen LogP contribution in [0.4, 0.5) is 4.39 Å². The van der Waals surface area contributed by atoms with Crippen molar-refractivity contribution in [1.82, 2.24) is 19.6 Å². The van der Waals surface area contributed by atoms with Gasteiger partial charge in [0.1, 0.15) is 11.5 Å². The lowest BCUT2D eigenvalue weighted by molar-refractivity contribution is 0.0710. The van der Waals surface area contributed by atoms with Crippen LogP contribution in [0.1, 0.15) is 53.7 Å². The highest BCUT2D eigenvalue weighted by atomic mass is 19.1. The summed E-state index contributed by atoms with van der Waals surface area (Å²) in [7, 11) is 1.77. The average molecular weight is 386 g/mol. The number of hydrogen-bond donors (Lipinski definition) is 0. The van der Waals surface area contributed by atoms with Crippen LogP contribution in [0.2, 0.25) is 0 Å². The number of carbonyl (C=O) groups is 2. The average Bonchev–Trinajstić information content (AvgIpc) is 2.88. The van der Waals surface area contributed by atoms with Gasteiger partial charge in [0.15, 0.2) is 0 Å². The number of amides is 2. The molecule has 0 atom stereocenters. The second kappa shape index (κ2) is 7.73. The van der Waals surface area contributed by atoms with Crippen molar-refractivity contribution in [3.05, 3.63) is 53.1 Å². The molecular formula is C21H27FN4O2. The molecule has 0 N–H and O–H groups in total. The summed E-state index contributed by atoms with van der Waals surface area (Å²) in [5.74, 6) is -0.942. The van der Waals surface area contributed by atoms with E-state index in [1.54, 1.807) is 33.7 Å². The van der Waals surface area contributed by atoms with Crippen molar-refractivity contribution in [1.29, 1.82) is 0 Å². The minimum Gasteiger partial charge on any atom is -0.337 e. The number of benzene rings is 1. The van der Waals surface area contributed by atoms with Crippen LogP contribution >= 0.6 is 0 Å². The number of halogens is 1. The fraction of sp³-hybridized carbons (Fsp3) is 0.476. The minimum absolute atomic E-state index is 0.0729. The Kier molecular flexibility index (Phi) is 5.54. The third kappa shape index (κ3) is 4.08. The lowest BCUT2D eigenvalue weighted by atomic mass is 9.92. The summed E-state index contributed by atoms with van der Waals surface area (Å²) in [6, 6.07) is 7.84. The first kappa shape index (κ1) is 20.0. The van der Waals surface area contributed by atoms with E-state index < -0.39 is 5.82 Å². The van der Waals surface area contributed by atoms with Gasteiger partial charge >= 0.3 is 0 Å². The lowest BCUT2D eigenvalue weighted by Gasteiger charge is -2.22. The van der Waals surface area contributed by atoms with Crippen molar-refractivity contribution >= 4 is 11.8 Å². The molecule has 150 valence electrons. The van der Waals surface area contributed by atoms with Crippen molar-refractivity contribution < 1.29 is 14.0 Å². The van der Waals surface area contributed by atoms with Crippen LogP contribution in [0.15, 0.2) is 30.3 Å². The highest BCUT2D eigenvalue weighted by Crippen LogP contribution is 2.22. The summed E-state index contributed by atoms with van der Waals surface area (Å²) < 4.78 is 15.6. The third-order valence-corrected chi connectivity index (χ3v) is 5.04. The van der Waals surface area contributed by atoms with Crippen molar-refractivity contribution in [2.45, 2.75) is 32.6 Å². The van der Waals surface area contributed by atoms with E-state index in [1.165, 1.54) is 12.1 Å². The van der Waals surface area contributed by atoms with Crippen LogP contribution < -0.4 is 0 Å². The number of aryl methyl sites for hydroxylation is 1. The van der Waals surface area contributed by atoms with E-state index in [1.807, 2.05) is 6.07 Å². The Balaban J connectivity index is 1.72. The van der Waals surface area contributed by atoms with Gasteiger partial charge in [-0.2, -0.15) is 5.10 Å². The molecule has 7 heteroatoms. The maximum Gasteiger partial charge on any atom is 0.272 e. The van der Waals surface area contributed by atoms with Crippen LogP contribution in [0.25, 0.3) is 0 Å². The predicted octanol–water partition coefficient (Wildman–Crippen LogP) is 2.85. The van der Waals surface area contributed by atoms with Crippen LogP contribution in [0, 0.1) is 5.82 Å². The van der Waals surface area contributed by atoms with Crippen molar-refractivity contribution in [3.8, 4) is 0 Å². The van der Waals surface area contributed by atoms with Gasteiger partial charge < -0.3 is 9.80 Å². The van der Waals surface area contributed by atoms with E-state index in [0.29, 0.717) is 38.3 Å². The molecule has 3 rings (SSSR count). The summed E-state index contributed by atoms with van der Waals surface area (Å²) in [6.45, 7) is 8.01. The molecule has 0 saturated carbocycles. The number of rotatable bonds is 2. The van der Waals surface area contributed by atoms with Gasteiger partial charge in [0.25, 0.3) is 11.8 Å². The lowest BCUT2D eigenvalue weighted by Crippen LogP contribution is -2.38. The Morgan fingerprint density at radius 2 is 1.61 bits per heavy atom. The van der Waals surface area contributed by atoms with Crippen molar-refractivity contribution in [2.75, 3.05) is 26.2 Å². The van der Waals surface area contributed by atoms with E-state index in [-0.39, 0.29) is 22.8 Å². The number of carbonyl (C=O) groups excluding carboxylic acids is 2. The molecule has 0 bridgehead atoms. The van der Waals surface area contributed by atoms with Crippen LogP contribution in [0.3, 0.4) is 0 Å². The Morgan fingerprint density at radius 1 is 1.00 bits per heavy atom. The molecule has 2 aromatic rings. The SMILES string of the molecule is Cn1nc(C(C)(C)C)cc1C(=O)N1CCCN(C(=O)c2ccccc2F)CC1. The maximum atomic E-state index is 13.9. The second-order valence-corrected chi connectivity index (χ2v) is 8.21. The van der Waals surface area contributed by atoms with Gasteiger partial charge in [-0.1, -0.05) is 32.9 Å². The van der Waals surface area contributed by atoms with Gasteiger partial charge in [-0.3, -0.25) is 14.3 Å². The van der Waals surface area contributed by atoms with Crippen molar-refractivity contribution in [2.24, 2.45) is 7.05 Å². The third-order valence-electron chi connectivity index (χ3n) is 5.04. The summed E-state index contributed by atoms with van der Waals surface area (Å²) >= 11 is 0. The molecule has 0 aliphatic carbocycles. The largest absolute Gasteiger partial charge is 0.337 e. The van der Waals surface area contributed by atoms with Crippen molar-refractivity contribution in [3.63, 3.8) is 0 Å². The molecular weight excluding hydrogens is 359 g/mol. The maximum absolute atomic E-state index is 13.9. The molecule has 1 saturated heterocycles. The second-order valence-electron chi connectivity index (χ2n) is 8.21. The smallest absolute Gasteiger partial charge is 0.272 e. The fourth-order valence-corrected chi connectivity index (χ4v) is 3.32. The summed E-state index contributed by atoms with van der Waals surface area (Å²) in [4.78, 5) is 29.0. The van der Waals surface area contributed by atoms with Gasteiger partial charge in [0.2, 0.25) is 0 Å². The molecule has 28 heavy (non-hydrogen) atoms. The van der Waals surface area contributed by atoms with E-state index in [9.17, 15) is 14.0 Å². The normalized spacial score (nSPS) is 15.5. The number of hydrogen-bond acceptors (Lipinski definition) is 3. The molecule has 6 nitrogen and oxygen atoms in total. The minimum atomic E-state index is -0.519. The number of nitrogens with zero attached hydrogens (tertiary/aromatic N) is 4. The Hall–Kier alpha value is -2.70. The van der Waals surface area contributed by atoms with Gasteiger partial charge in [-0.25, -0.2) is 4.39 Å². The molecule has 0 spiro atoms. The summed E-state index contributed by atoms with van der Waals surface area (Å²) in [6.07, 6.45) is 0.649. The topological polar surface area (TPSA) is 58.4 Å². The summed E-state index contributed by atoms with van der Waals surface area (Å²) in [5.41, 5.74) is 1.34. The van der Waals surface area contributed by atoms with Crippen LogP contribution in [-0.2, 0) is 12.5 Å². The zero-order chi connectivity index (χ0) is 20.5. The molecule has 1 aliphatic rings. The first-order chi connectivity index (χ1) is 13.2. The van der Waals surface area contributed by atoms with Crippen LogP contribution in [0.5, 0.6) is 0 Å². The van der Waals surface area contributed by atoms with E-state index >= 15 is 0 Å². The first-order valence-corrected chi connectivity index (χ1v) is 9.56. The van der Waals surface area contributed by atoms with Gasteiger partial charge in [-0.05, 0) is 24.6 Å². The standard InChI is InChI=1S/C21H27FN4O2/c1-21(2,3)18-14-17(24(4)23-18)20(28)26-11-7-10-25(12-13-26)19(27)15-8-5-6-9-16(15)22/h5-6,8-9,14H,7,10-13H2,1-4H3. The quantitative estimate of drug-likeness (QED) is 0.798. The van der Waals surface area contributed by atoms with E-state index in [0.717, 1.165) is 5.69 Å². The van der Waals surface area contributed by atoms with Gasteiger partial charge in [0.05, 0.1) is 11.3 Å².